The zero-order valence-corrected chi connectivity index (χ0v) is 8.53. The van der Waals surface area contributed by atoms with Crippen molar-refractivity contribution in [2.45, 2.75) is 0 Å². The Labute approximate surface area is 89.5 Å². The summed E-state index contributed by atoms with van der Waals surface area (Å²) in [5, 5.41) is 1.86. The lowest BCUT2D eigenvalue weighted by Crippen LogP contribution is -1.84. The molecule has 0 bridgehead atoms. The van der Waals surface area contributed by atoms with Crippen LogP contribution in [0.25, 0.3) is 10.9 Å². The van der Waals surface area contributed by atoms with Gasteiger partial charge in [0.2, 0.25) is 0 Å². The van der Waals surface area contributed by atoms with Gasteiger partial charge in [0.25, 0.3) is 0 Å². The molecular weight excluding hydrogens is 230 g/mol. The van der Waals surface area contributed by atoms with Crippen LogP contribution in [0.15, 0.2) is 18.3 Å². The van der Waals surface area contributed by atoms with Gasteiger partial charge in [-0.1, -0.05) is 34.8 Å². The molecule has 0 aliphatic heterocycles. The Morgan fingerprint density at radius 1 is 1.15 bits per heavy atom. The predicted octanol–water partition coefficient (Wildman–Crippen LogP) is 3.59. The molecule has 0 fully saturated rings. The molecule has 13 heavy (non-hydrogen) atoms. The summed E-state index contributed by atoms with van der Waals surface area (Å²) in [7, 11) is 0. The van der Waals surface area contributed by atoms with Crippen LogP contribution in [-0.2, 0) is 0 Å². The van der Waals surface area contributed by atoms with Crippen LogP contribution in [0.2, 0.25) is 15.3 Å². The predicted molar refractivity (Wildman–Crippen MR) is 54.6 cm³/mol. The minimum Gasteiger partial charge on any atom is -0.253 e. The Balaban J connectivity index is 2.94. The lowest BCUT2D eigenvalue weighted by molar-refractivity contribution is 1.31. The summed E-state index contributed by atoms with van der Waals surface area (Å²) in [6.45, 7) is 0. The maximum absolute atomic E-state index is 5.92. The fraction of sp³-hybridized carbons (Fsp3) is 0. The van der Waals surface area contributed by atoms with Crippen molar-refractivity contribution < 1.29 is 0 Å². The summed E-state index contributed by atoms with van der Waals surface area (Å²) >= 11 is 17.4. The van der Waals surface area contributed by atoms with E-state index in [-0.39, 0.29) is 5.15 Å². The molecule has 0 spiro atoms. The van der Waals surface area contributed by atoms with Gasteiger partial charge in [0.05, 0.1) is 5.02 Å². The largest absolute Gasteiger partial charge is 0.253 e. The molecular formula is C8H3Cl3N2. The van der Waals surface area contributed by atoms with E-state index in [2.05, 4.69) is 9.97 Å². The monoisotopic (exact) mass is 232 g/mol. The van der Waals surface area contributed by atoms with Crippen molar-refractivity contribution in [2.75, 3.05) is 0 Å². The molecule has 0 saturated heterocycles. The van der Waals surface area contributed by atoms with Gasteiger partial charge >= 0.3 is 0 Å². The molecule has 0 atom stereocenters. The van der Waals surface area contributed by atoms with Gasteiger partial charge in [0, 0.05) is 11.6 Å². The number of hydrogen-bond acceptors (Lipinski definition) is 2. The molecule has 0 aliphatic carbocycles. The average molecular weight is 233 g/mol. The molecule has 2 aromatic rings. The maximum atomic E-state index is 5.92. The Hall–Kier alpha value is -0.570. The minimum atomic E-state index is 0.269. The molecule has 0 radical (unpaired) electrons. The van der Waals surface area contributed by atoms with Crippen LogP contribution < -0.4 is 0 Å². The van der Waals surface area contributed by atoms with Gasteiger partial charge in [-0.3, -0.25) is 4.98 Å². The first-order valence-corrected chi connectivity index (χ1v) is 4.58. The number of rotatable bonds is 0. The number of halogens is 3. The van der Waals surface area contributed by atoms with Crippen LogP contribution in [0.1, 0.15) is 0 Å². The first kappa shape index (κ1) is 9.00. The quantitative estimate of drug-likeness (QED) is 0.650. The number of pyridine rings is 2. The van der Waals surface area contributed by atoms with Crippen LogP contribution in [0.5, 0.6) is 0 Å². The highest BCUT2D eigenvalue weighted by Gasteiger charge is 2.06. The standard InChI is InChI=1S/C8H3Cl3N2/c9-5-1-2-12-7-4(5)3-6(10)13-8(7)11/h1-3H. The Morgan fingerprint density at radius 3 is 2.69 bits per heavy atom. The Bertz CT molecular complexity index is 470. The van der Waals surface area contributed by atoms with Crippen molar-refractivity contribution in [3.63, 3.8) is 0 Å². The van der Waals surface area contributed by atoms with E-state index < -0.39 is 0 Å². The molecule has 0 saturated carbocycles. The van der Waals surface area contributed by atoms with Crippen molar-refractivity contribution in [1.29, 1.82) is 0 Å². The van der Waals surface area contributed by atoms with Crippen LogP contribution in [0.3, 0.4) is 0 Å². The van der Waals surface area contributed by atoms with E-state index in [1.54, 1.807) is 18.3 Å². The summed E-state index contributed by atoms with van der Waals surface area (Å²) in [4.78, 5) is 7.90. The normalized spacial score (nSPS) is 10.7. The topological polar surface area (TPSA) is 25.8 Å². The highest BCUT2D eigenvalue weighted by atomic mass is 35.5. The van der Waals surface area contributed by atoms with Gasteiger partial charge in [-0.25, -0.2) is 4.98 Å². The summed E-state index contributed by atoms with van der Waals surface area (Å²) in [6, 6.07) is 3.31. The summed E-state index contributed by atoms with van der Waals surface area (Å²) in [6.07, 6.45) is 1.58. The first-order chi connectivity index (χ1) is 6.18. The van der Waals surface area contributed by atoms with Crippen molar-refractivity contribution >= 4 is 45.7 Å². The van der Waals surface area contributed by atoms with Crippen LogP contribution in [0.4, 0.5) is 0 Å². The average Bonchev–Trinajstić information content (AvgIpc) is 2.07. The fourth-order valence-corrected chi connectivity index (χ4v) is 1.73. The van der Waals surface area contributed by atoms with Crippen LogP contribution in [-0.4, -0.2) is 9.97 Å². The van der Waals surface area contributed by atoms with Gasteiger partial charge in [0.15, 0.2) is 5.15 Å². The molecule has 0 aliphatic rings. The molecule has 5 heteroatoms. The second kappa shape index (κ2) is 3.29. The van der Waals surface area contributed by atoms with Crippen LogP contribution in [0, 0.1) is 0 Å². The lowest BCUT2D eigenvalue weighted by Gasteiger charge is -2.00. The minimum absolute atomic E-state index is 0.269. The number of hydrogen-bond donors (Lipinski definition) is 0. The van der Waals surface area contributed by atoms with E-state index >= 15 is 0 Å². The first-order valence-electron chi connectivity index (χ1n) is 3.45. The molecule has 2 nitrogen and oxygen atoms in total. The van der Waals surface area contributed by atoms with E-state index in [0.29, 0.717) is 21.1 Å². The van der Waals surface area contributed by atoms with Gasteiger partial charge in [0.1, 0.15) is 10.7 Å². The number of fused-ring (bicyclic) bond motifs is 1. The molecule has 2 rings (SSSR count). The van der Waals surface area contributed by atoms with Crippen molar-refractivity contribution in [3.8, 4) is 0 Å². The van der Waals surface area contributed by atoms with E-state index in [4.69, 9.17) is 34.8 Å². The SMILES string of the molecule is Clc1cc2c(Cl)ccnc2c(Cl)n1. The molecule has 0 amide bonds. The third kappa shape index (κ3) is 1.57. The fourth-order valence-electron chi connectivity index (χ4n) is 1.05. The lowest BCUT2D eigenvalue weighted by atomic mass is 10.3. The third-order valence-electron chi connectivity index (χ3n) is 1.60. The number of nitrogens with zero attached hydrogens (tertiary/aromatic N) is 2. The van der Waals surface area contributed by atoms with E-state index in [0.717, 1.165) is 0 Å². The molecule has 2 aromatic heterocycles. The highest BCUT2D eigenvalue weighted by Crippen LogP contribution is 2.27. The summed E-state index contributed by atoms with van der Waals surface area (Å²) in [5.74, 6) is 0. The molecule has 0 N–H and O–H groups in total. The zero-order valence-electron chi connectivity index (χ0n) is 6.26. The van der Waals surface area contributed by atoms with E-state index in [1.165, 1.54) is 0 Å². The van der Waals surface area contributed by atoms with Gasteiger partial charge in [-0.15, -0.1) is 0 Å². The third-order valence-corrected chi connectivity index (χ3v) is 2.39. The second-order valence-electron chi connectivity index (χ2n) is 2.42. The second-order valence-corrected chi connectivity index (χ2v) is 3.58. The molecule has 0 aromatic carbocycles. The van der Waals surface area contributed by atoms with Crippen LogP contribution >= 0.6 is 34.8 Å². The summed E-state index contributed by atoms with van der Waals surface area (Å²) in [5.41, 5.74) is 0.568. The van der Waals surface area contributed by atoms with Gasteiger partial charge in [-0.05, 0) is 12.1 Å². The van der Waals surface area contributed by atoms with Crippen molar-refractivity contribution in [1.82, 2.24) is 9.97 Å². The molecule has 66 valence electrons. The van der Waals surface area contributed by atoms with E-state index in [9.17, 15) is 0 Å². The smallest absolute Gasteiger partial charge is 0.157 e. The van der Waals surface area contributed by atoms with Gasteiger partial charge in [-0.2, -0.15) is 0 Å². The summed E-state index contributed by atoms with van der Waals surface area (Å²) < 4.78 is 0. The molecule has 2 heterocycles. The molecule has 0 unspecified atom stereocenters. The van der Waals surface area contributed by atoms with E-state index in [1.807, 2.05) is 0 Å². The Kier molecular flexibility index (Phi) is 2.28. The number of aromatic nitrogens is 2. The Morgan fingerprint density at radius 2 is 1.92 bits per heavy atom. The van der Waals surface area contributed by atoms with Gasteiger partial charge < -0.3 is 0 Å². The highest BCUT2D eigenvalue weighted by molar-refractivity contribution is 6.40. The van der Waals surface area contributed by atoms with Crippen molar-refractivity contribution in [2.24, 2.45) is 0 Å². The van der Waals surface area contributed by atoms with Crippen molar-refractivity contribution in [3.05, 3.63) is 33.7 Å². The maximum Gasteiger partial charge on any atom is 0.157 e. The zero-order chi connectivity index (χ0) is 9.42.